The third-order valence-electron chi connectivity index (χ3n) is 2.00. The molecule has 0 fully saturated rings. The van der Waals surface area contributed by atoms with E-state index in [4.69, 9.17) is 10.2 Å². The van der Waals surface area contributed by atoms with Gasteiger partial charge >= 0.3 is 5.97 Å². The molecular formula is C9H8N2O3. The van der Waals surface area contributed by atoms with Crippen LogP contribution in [0.25, 0.3) is 5.52 Å². The highest BCUT2D eigenvalue weighted by Gasteiger charge is 2.16. The number of nitrogens with zero attached hydrogens (tertiary/aromatic N) is 2. The Bertz CT molecular complexity index is 490. The summed E-state index contributed by atoms with van der Waals surface area (Å²) in [6, 6.07) is 5.22. The summed E-state index contributed by atoms with van der Waals surface area (Å²) in [6.45, 7) is -0.324. The molecule has 5 nitrogen and oxygen atoms in total. The van der Waals surface area contributed by atoms with Crippen LogP contribution in [0.2, 0.25) is 0 Å². The van der Waals surface area contributed by atoms with Gasteiger partial charge in [0.05, 0.1) is 12.1 Å². The van der Waals surface area contributed by atoms with E-state index in [0.717, 1.165) is 0 Å². The lowest BCUT2D eigenvalue weighted by Crippen LogP contribution is -2.01. The zero-order valence-corrected chi connectivity index (χ0v) is 7.21. The second kappa shape index (κ2) is 3.12. The van der Waals surface area contributed by atoms with Crippen molar-refractivity contribution in [3.8, 4) is 0 Å². The summed E-state index contributed by atoms with van der Waals surface area (Å²) in [5.41, 5.74) is 0.865. The maximum absolute atomic E-state index is 10.8. The lowest BCUT2D eigenvalue weighted by atomic mass is 10.2. The minimum absolute atomic E-state index is 0.0984. The summed E-state index contributed by atoms with van der Waals surface area (Å²) in [4.78, 5) is 10.8. The van der Waals surface area contributed by atoms with Crippen LogP contribution in [0.1, 0.15) is 16.1 Å². The fraction of sp³-hybridized carbons (Fsp3) is 0.111. The average molecular weight is 192 g/mol. The van der Waals surface area contributed by atoms with Crippen molar-refractivity contribution in [1.82, 2.24) is 9.61 Å². The highest BCUT2D eigenvalue weighted by atomic mass is 16.4. The second-order valence-corrected chi connectivity index (χ2v) is 2.82. The highest BCUT2D eigenvalue weighted by molar-refractivity contribution is 5.89. The molecule has 2 heterocycles. The van der Waals surface area contributed by atoms with E-state index in [9.17, 15) is 4.79 Å². The van der Waals surface area contributed by atoms with Gasteiger partial charge in [-0.3, -0.25) is 0 Å². The van der Waals surface area contributed by atoms with Gasteiger partial charge in [-0.25, -0.2) is 9.31 Å². The number of hydrogen-bond donors (Lipinski definition) is 2. The van der Waals surface area contributed by atoms with E-state index in [0.29, 0.717) is 11.1 Å². The second-order valence-electron chi connectivity index (χ2n) is 2.82. The molecule has 0 unspecified atom stereocenters. The van der Waals surface area contributed by atoms with Gasteiger partial charge in [0.1, 0.15) is 0 Å². The van der Waals surface area contributed by atoms with E-state index in [1.807, 2.05) is 0 Å². The van der Waals surface area contributed by atoms with Gasteiger partial charge in [0, 0.05) is 11.8 Å². The number of rotatable bonds is 2. The van der Waals surface area contributed by atoms with Crippen LogP contribution in [0.15, 0.2) is 24.4 Å². The summed E-state index contributed by atoms with van der Waals surface area (Å²) >= 11 is 0. The van der Waals surface area contributed by atoms with Gasteiger partial charge in [0.2, 0.25) is 0 Å². The number of aromatic nitrogens is 2. The van der Waals surface area contributed by atoms with Crippen LogP contribution >= 0.6 is 0 Å². The molecule has 2 aromatic heterocycles. The van der Waals surface area contributed by atoms with Crippen LogP contribution in [0.4, 0.5) is 0 Å². The molecule has 0 atom stereocenters. The van der Waals surface area contributed by atoms with E-state index in [1.54, 1.807) is 24.4 Å². The lowest BCUT2D eigenvalue weighted by molar-refractivity contribution is 0.0686. The van der Waals surface area contributed by atoms with Crippen LogP contribution in [-0.4, -0.2) is 25.8 Å². The van der Waals surface area contributed by atoms with Crippen LogP contribution in [0, 0.1) is 0 Å². The van der Waals surface area contributed by atoms with Crippen molar-refractivity contribution < 1.29 is 15.0 Å². The Labute approximate surface area is 79.2 Å². The molecule has 0 aliphatic rings. The first kappa shape index (κ1) is 8.71. The zero-order valence-electron chi connectivity index (χ0n) is 7.21. The van der Waals surface area contributed by atoms with E-state index in [-0.39, 0.29) is 12.3 Å². The summed E-state index contributed by atoms with van der Waals surface area (Å²) in [5.74, 6) is -1.13. The SMILES string of the molecule is O=C(O)c1nn2ccccc2c1CO. The van der Waals surface area contributed by atoms with Crippen molar-refractivity contribution in [2.45, 2.75) is 6.61 Å². The van der Waals surface area contributed by atoms with Gasteiger partial charge in [-0.2, -0.15) is 5.10 Å². The van der Waals surface area contributed by atoms with Gasteiger partial charge < -0.3 is 10.2 Å². The minimum Gasteiger partial charge on any atom is -0.476 e. The fourth-order valence-electron chi connectivity index (χ4n) is 1.38. The predicted molar refractivity (Wildman–Crippen MR) is 48.1 cm³/mol. The third kappa shape index (κ3) is 1.14. The molecule has 2 rings (SSSR count). The number of aromatic carboxylic acids is 1. The quantitative estimate of drug-likeness (QED) is 0.727. The monoisotopic (exact) mass is 192 g/mol. The predicted octanol–water partition coefficient (Wildman–Crippen LogP) is 0.525. The van der Waals surface area contributed by atoms with Gasteiger partial charge in [0.15, 0.2) is 5.69 Å². The van der Waals surface area contributed by atoms with Crippen LogP contribution in [0.5, 0.6) is 0 Å². The van der Waals surface area contributed by atoms with Crippen molar-refractivity contribution >= 4 is 11.5 Å². The smallest absolute Gasteiger partial charge is 0.356 e. The number of hydrogen-bond acceptors (Lipinski definition) is 3. The van der Waals surface area contributed by atoms with E-state index in [2.05, 4.69) is 5.10 Å². The maximum atomic E-state index is 10.8. The normalized spacial score (nSPS) is 10.6. The van der Waals surface area contributed by atoms with E-state index >= 15 is 0 Å². The van der Waals surface area contributed by atoms with Crippen LogP contribution < -0.4 is 0 Å². The number of carboxylic acid groups (broad SMARTS) is 1. The largest absolute Gasteiger partial charge is 0.476 e. The molecule has 14 heavy (non-hydrogen) atoms. The van der Waals surface area contributed by atoms with Gasteiger partial charge in [-0.05, 0) is 12.1 Å². The summed E-state index contributed by atoms with van der Waals surface area (Å²) in [7, 11) is 0. The molecule has 0 saturated heterocycles. The topological polar surface area (TPSA) is 74.8 Å². The first-order valence-corrected chi connectivity index (χ1v) is 4.04. The van der Waals surface area contributed by atoms with Crippen LogP contribution in [-0.2, 0) is 6.61 Å². The Hall–Kier alpha value is -1.88. The minimum atomic E-state index is -1.13. The summed E-state index contributed by atoms with van der Waals surface area (Å²) in [5, 5.41) is 21.7. The number of aliphatic hydroxyl groups is 1. The van der Waals surface area contributed by atoms with Crippen molar-refractivity contribution in [2.75, 3.05) is 0 Å². The van der Waals surface area contributed by atoms with Crippen molar-refractivity contribution in [3.63, 3.8) is 0 Å². The van der Waals surface area contributed by atoms with Gasteiger partial charge in [-0.15, -0.1) is 0 Å². The molecule has 0 aromatic carbocycles. The highest BCUT2D eigenvalue weighted by Crippen LogP contribution is 2.15. The Balaban J connectivity index is 2.78. The first-order chi connectivity index (χ1) is 6.74. The molecule has 72 valence electrons. The van der Waals surface area contributed by atoms with Crippen molar-refractivity contribution in [2.24, 2.45) is 0 Å². The number of aliphatic hydroxyl groups excluding tert-OH is 1. The Morgan fingerprint density at radius 3 is 2.93 bits per heavy atom. The molecule has 0 spiro atoms. The molecule has 2 N–H and O–H groups in total. The molecule has 0 bridgehead atoms. The lowest BCUT2D eigenvalue weighted by Gasteiger charge is -1.93. The molecule has 2 aromatic rings. The van der Waals surface area contributed by atoms with Crippen molar-refractivity contribution in [3.05, 3.63) is 35.7 Å². The van der Waals surface area contributed by atoms with Crippen molar-refractivity contribution in [1.29, 1.82) is 0 Å². The Kier molecular flexibility index (Phi) is 1.94. The van der Waals surface area contributed by atoms with E-state index < -0.39 is 5.97 Å². The number of carboxylic acids is 1. The van der Waals surface area contributed by atoms with E-state index in [1.165, 1.54) is 4.52 Å². The molecule has 0 aliphatic carbocycles. The molecule has 5 heteroatoms. The summed E-state index contributed by atoms with van der Waals surface area (Å²) in [6.07, 6.45) is 1.64. The Morgan fingerprint density at radius 1 is 1.50 bits per heavy atom. The molecule has 0 aliphatic heterocycles. The van der Waals surface area contributed by atoms with Gasteiger partial charge in [0.25, 0.3) is 0 Å². The fourth-order valence-corrected chi connectivity index (χ4v) is 1.38. The number of carbonyl (C=O) groups is 1. The zero-order chi connectivity index (χ0) is 10.1. The third-order valence-corrected chi connectivity index (χ3v) is 2.00. The van der Waals surface area contributed by atoms with Crippen LogP contribution in [0.3, 0.4) is 0 Å². The molecule has 0 radical (unpaired) electrons. The maximum Gasteiger partial charge on any atom is 0.356 e. The molecule has 0 saturated carbocycles. The molecular weight excluding hydrogens is 184 g/mol. The average Bonchev–Trinajstić information content (AvgIpc) is 2.56. The summed E-state index contributed by atoms with van der Waals surface area (Å²) < 4.78 is 1.44. The molecule has 0 amide bonds. The number of pyridine rings is 1. The standard InChI is InChI=1S/C9H8N2O3/c12-5-6-7-3-1-2-4-11(7)10-8(6)9(13)14/h1-4,12H,5H2,(H,13,14). The Morgan fingerprint density at radius 2 is 2.29 bits per heavy atom. The number of fused-ring (bicyclic) bond motifs is 1. The first-order valence-electron chi connectivity index (χ1n) is 4.04. The van der Waals surface area contributed by atoms with Gasteiger partial charge in [-0.1, -0.05) is 6.07 Å².